The van der Waals surface area contributed by atoms with Crippen molar-refractivity contribution in [1.82, 2.24) is 0 Å². The first-order chi connectivity index (χ1) is 5.79. The summed E-state index contributed by atoms with van der Waals surface area (Å²) >= 11 is 0. The highest BCUT2D eigenvalue weighted by Crippen LogP contribution is 2.07. The molecule has 0 aliphatic rings. The molecule has 4 nitrogen and oxygen atoms in total. The molecule has 0 unspecified atom stereocenters. The lowest BCUT2D eigenvalue weighted by atomic mass is 10.2. The van der Waals surface area contributed by atoms with E-state index in [1.54, 1.807) is 24.3 Å². The SMILES string of the molecule is C=O.OB(O)Oc1ccccc1. The summed E-state index contributed by atoms with van der Waals surface area (Å²) in [4.78, 5) is 8.00. The Hall–Kier alpha value is -1.33. The summed E-state index contributed by atoms with van der Waals surface area (Å²) in [5, 5.41) is 16.7. The largest absolute Gasteiger partial charge is 0.707 e. The molecular weight excluding hydrogens is 159 g/mol. The fourth-order valence-corrected chi connectivity index (χ4v) is 0.621. The molecule has 0 aliphatic carbocycles. The number of carbonyl (C=O) groups is 1. The number of para-hydroxylation sites is 1. The fraction of sp³-hybridized carbons (Fsp3) is 0. The average Bonchev–Trinajstić information content (AvgIpc) is 2.08. The molecule has 1 rings (SSSR count). The van der Waals surface area contributed by atoms with E-state index < -0.39 is 7.32 Å². The fourth-order valence-electron chi connectivity index (χ4n) is 0.621. The second-order valence-corrected chi connectivity index (χ2v) is 1.76. The summed E-state index contributed by atoms with van der Waals surface area (Å²) in [5.74, 6) is 0.442. The van der Waals surface area contributed by atoms with Gasteiger partial charge < -0.3 is 19.5 Å². The van der Waals surface area contributed by atoms with Crippen LogP contribution < -0.4 is 4.65 Å². The Labute approximate surface area is 70.6 Å². The van der Waals surface area contributed by atoms with Crippen LogP contribution in [0.5, 0.6) is 5.75 Å². The molecule has 2 N–H and O–H groups in total. The molecule has 0 saturated heterocycles. The van der Waals surface area contributed by atoms with E-state index in [0.717, 1.165) is 0 Å². The Bertz CT molecular complexity index is 202. The Balaban J connectivity index is 0.000000561. The number of benzene rings is 1. The second-order valence-electron chi connectivity index (χ2n) is 1.76. The third-order valence-electron chi connectivity index (χ3n) is 0.985. The van der Waals surface area contributed by atoms with Crippen LogP contribution in [-0.4, -0.2) is 24.2 Å². The van der Waals surface area contributed by atoms with Crippen molar-refractivity contribution in [1.29, 1.82) is 0 Å². The van der Waals surface area contributed by atoms with Gasteiger partial charge in [-0.2, -0.15) is 0 Å². The van der Waals surface area contributed by atoms with E-state index in [1.165, 1.54) is 0 Å². The summed E-state index contributed by atoms with van der Waals surface area (Å²) in [6.45, 7) is 2.00. The van der Waals surface area contributed by atoms with Gasteiger partial charge in [-0.05, 0) is 12.1 Å². The van der Waals surface area contributed by atoms with Crippen LogP contribution in [0.1, 0.15) is 0 Å². The van der Waals surface area contributed by atoms with Gasteiger partial charge in [-0.1, -0.05) is 18.2 Å². The van der Waals surface area contributed by atoms with Crippen molar-refractivity contribution in [2.75, 3.05) is 0 Å². The summed E-state index contributed by atoms with van der Waals surface area (Å²) < 4.78 is 4.53. The number of carbonyl (C=O) groups excluding carboxylic acids is 1. The van der Waals surface area contributed by atoms with Gasteiger partial charge in [0.1, 0.15) is 12.5 Å². The third kappa shape index (κ3) is 4.48. The number of rotatable bonds is 2. The summed E-state index contributed by atoms with van der Waals surface area (Å²) in [7, 11) is -1.73. The molecule has 0 amide bonds. The van der Waals surface area contributed by atoms with Crippen LogP contribution in [0, 0.1) is 0 Å². The minimum Gasteiger partial charge on any atom is -0.512 e. The molecule has 0 aliphatic heterocycles. The van der Waals surface area contributed by atoms with Gasteiger partial charge in [-0.15, -0.1) is 0 Å². The van der Waals surface area contributed by atoms with Crippen LogP contribution in [0.2, 0.25) is 0 Å². The Kier molecular flexibility index (Phi) is 5.68. The summed E-state index contributed by atoms with van der Waals surface area (Å²) in [6.07, 6.45) is 0. The van der Waals surface area contributed by atoms with Crippen molar-refractivity contribution < 1.29 is 19.5 Å². The lowest BCUT2D eigenvalue weighted by Crippen LogP contribution is -2.20. The van der Waals surface area contributed by atoms with E-state index in [-0.39, 0.29) is 0 Å². The molecule has 5 heteroatoms. The number of hydrogen-bond acceptors (Lipinski definition) is 4. The maximum atomic E-state index is 8.34. The molecule has 0 spiro atoms. The van der Waals surface area contributed by atoms with Crippen LogP contribution in [-0.2, 0) is 4.79 Å². The molecule has 1 aromatic rings. The molecule has 12 heavy (non-hydrogen) atoms. The van der Waals surface area contributed by atoms with Gasteiger partial charge in [0.15, 0.2) is 0 Å². The Morgan fingerprint density at radius 2 is 1.67 bits per heavy atom. The van der Waals surface area contributed by atoms with Crippen LogP contribution >= 0.6 is 0 Å². The molecule has 0 atom stereocenters. The molecule has 0 fully saturated rings. The monoisotopic (exact) mass is 168 g/mol. The van der Waals surface area contributed by atoms with Gasteiger partial charge in [0.2, 0.25) is 0 Å². The number of hydrogen-bond donors (Lipinski definition) is 2. The van der Waals surface area contributed by atoms with Gasteiger partial charge in [0, 0.05) is 0 Å². The van der Waals surface area contributed by atoms with Gasteiger partial charge in [0.25, 0.3) is 0 Å². The molecule has 0 radical (unpaired) electrons. The molecule has 0 heterocycles. The molecule has 0 saturated carbocycles. The first kappa shape index (κ1) is 10.7. The van der Waals surface area contributed by atoms with E-state index >= 15 is 0 Å². The van der Waals surface area contributed by atoms with Gasteiger partial charge in [-0.25, -0.2) is 0 Å². The average molecular weight is 168 g/mol. The minimum atomic E-state index is -1.73. The van der Waals surface area contributed by atoms with E-state index in [0.29, 0.717) is 5.75 Å². The van der Waals surface area contributed by atoms with E-state index in [9.17, 15) is 0 Å². The topological polar surface area (TPSA) is 66.8 Å². The molecule has 0 aromatic heterocycles. The maximum Gasteiger partial charge on any atom is 0.707 e. The van der Waals surface area contributed by atoms with Crippen molar-refractivity contribution in [3.63, 3.8) is 0 Å². The van der Waals surface area contributed by atoms with Crippen molar-refractivity contribution in [3.05, 3.63) is 30.3 Å². The highest BCUT2D eigenvalue weighted by Gasteiger charge is 2.09. The van der Waals surface area contributed by atoms with Crippen LogP contribution in [0.3, 0.4) is 0 Å². The standard InChI is InChI=1S/C6H7BO3.CH2O/c8-7(9)10-6-4-2-1-3-5-6;1-2/h1-5,8-9H;1H2. The Morgan fingerprint density at radius 1 is 1.17 bits per heavy atom. The Morgan fingerprint density at radius 3 is 2.08 bits per heavy atom. The molecular formula is C7H9BO4. The normalized spacial score (nSPS) is 7.83. The van der Waals surface area contributed by atoms with Crippen molar-refractivity contribution in [3.8, 4) is 5.75 Å². The second kappa shape index (κ2) is 6.39. The predicted molar refractivity (Wildman–Crippen MR) is 44.4 cm³/mol. The van der Waals surface area contributed by atoms with E-state index in [2.05, 4.69) is 4.65 Å². The minimum absolute atomic E-state index is 0.442. The first-order valence-electron chi connectivity index (χ1n) is 3.16. The van der Waals surface area contributed by atoms with E-state index in [1.807, 2.05) is 12.9 Å². The van der Waals surface area contributed by atoms with Crippen molar-refractivity contribution >= 4 is 14.1 Å². The summed E-state index contributed by atoms with van der Waals surface area (Å²) in [6, 6.07) is 8.59. The third-order valence-corrected chi connectivity index (χ3v) is 0.985. The lowest BCUT2D eigenvalue weighted by molar-refractivity contribution is -0.0979. The van der Waals surface area contributed by atoms with Crippen LogP contribution in [0.4, 0.5) is 0 Å². The summed E-state index contributed by atoms with van der Waals surface area (Å²) in [5.41, 5.74) is 0. The zero-order valence-corrected chi connectivity index (χ0v) is 6.38. The predicted octanol–water partition coefficient (Wildman–Crippen LogP) is -0.150. The molecule has 64 valence electrons. The highest BCUT2D eigenvalue weighted by molar-refractivity contribution is 6.33. The lowest BCUT2D eigenvalue weighted by Gasteiger charge is -2.01. The zero-order chi connectivity index (χ0) is 9.40. The smallest absolute Gasteiger partial charge is 0.512 e. The quantitative estimate of drug-likeness (QED) is 0.602. The van der Waals surface area contributed by atoms with Crippen LogP contribution in [0.15, 0.2) is 30.3 Å². The van der Waals surface area contributed by atoms with Gasteiger partial charge >= 0.3 is 7.32 Å². The van der Waals surface area contributed by atoms with Crippen molar-refractivity contribution in [2.24, 2.45) is 0 Å². The maximum absolute atomic E-state index is 8.34. The van der Waals surface area contributed by atoms with Crippen molar-refractivity contribution in [2.45, 2.75) is 0 Å². The highest BCUT2D eigenvalue weighted by atomic mass is 16.6. The van der Waals surface area contributed by atoms with Gasteiger partial charge in [0.05, 0.1) is 0 Å². The van der Waals surface area contributed by atoms with E-state index in [4.69, 9.17) is 14.8 Å². The van der Waals surface area contributed by atoms with Crippen LogP contribution in [0.25, 0.3) is 0 Å². The van der Waals surface area contributed by atoms with Gasteiger partial charge in [-0.3, -0.25) is 0 Å². The first-order valence-corrected chi connectivity index (χ1v) is 3.16. The molecule has 0 bridgehead atoms. The zero-order valence-electron chi connectivity index (χ0n) is 6.38. The molecule has 1 aromatic carbocycles.